The Bertz CT molecular complexity index is 1200. The van der Waals surface area contributed by atoms with Crippen LogP contribution in [0.1, 0.15) is 40.7 Å². The minimum absolute atomic E-state index is 0.0211. The van der Waals surface area contributed by atoms with E-state index in [9.17, 15) is 9.18 Å². The lowest BCUT2D eigenvalue weighted by molar-refractivity contribution is 0.134. The standard InChI is InChI=1S/C23H23FN2O2S/c1-13-7-16-15(5-3-4-6-29-2)17-10-26-21(22(17)25-20(16)9-19(13)24)8-14-11-28-12-18(14)23(26)27/h7-9H,3-6,10-12H2,1-2H3. The fourth-order valence-electron chi connectivity index (χ4n) is 4.51. The molecule has 0 radical (unpaired) electrons. The van der Waals surface area contributed by atoms with Crippen LogP contribution in [0, 0.1) is 12.7 Å². The third-order valence-corrected chi connectivity index (χ3v) is 6.76. The molecule has 5 rings (SSSR count). The second-order valence-electron chi connectivity index (χ2n) is 7.90. The molecular weight excluding hydrogens is 387 g/mol. The Kier molecular flexibility index (Phi) is 4.71. The Morgan fingerprint density at radius 1 is 1.21 bits per heavy atom. The molecular formula is C23H23FN2O2S. The van der Waals surface area contributed by atoms with Crippen LogP contribution < -0.4 is 5.56 Å². The first-order chi connectivity index (χ1) is 14.1. The van der Waals surface area contributed by atoms with Crippen LogP contribution in [0.2, 0.25) is 0 Å². The van der Waals surface area contributed by atoms with Crippen LogP contribution in [-0.4, -0.2) is 21.6 Å². The molecule has 2 aliphatic rings. The number of fused-ring (bicyclic) bond motifs is 5. The number of thioether (sulfide) groups is 1. The number of benzene rings is 1. The van der Waals surface area contributed by atoms with Crippen molar-refractivity contribution in [2.75, 3.05) is 12.0 Å². The van der Waals surface area contributed by atoms with Crippen molar-refractivity contribution in [1.29, 1.82) is 0 Å². The zero-order valence-electron chi connectivity index (χ0n) is 16.7. The maximum atomic E-state index is 14.3. The van der Waals surface area contributed by atoms with Crippen LogP contribution >= 0.6 is 11.8 Å². The van der Waals surface area contributed by atoms with Crippen LogP contribution in [-0.2, 0) is 30.9 Å². The molecule has 0 aliphatic carbocycles. The molecule has 4 nitrogen and oxygen atoms in total. The molecule has 0 N–H and O–H groups in total. The summed E-state index contributed by atoms with van der Waals surface area (Å²) in [7, 11) is 0. The highest BCUT2D eigenvalue weighted by molar-refractivity contribution is 7.98. The Morgan fingerprint density at radius 2 is 2.07 bits per heavy atom. The largest absolute Gasteiger partial charge is 0.372 e. The van der Waals surface area contributed by atoms with E-state index in [0.717, 1.165) is 58.5 Å². The lowest BCUT2D eigenvalue weighted by atomic mass is 9.95. The van der Waals surface area contributed by atoms with E-state index in [1.807, 2.05) is 28.5 Å². The number of hydrogen-bond acceptors (Lipinski definition) is 4. The van der Waals surface area contributed by atoms with Crippen molar-refractivity contribution < 1.29 is 9.13 Å². The number of halogens is 1. The molecule has 0 bridgehead atoms. The van der Waals surface area contributed by atoms with E-state index in [1.165, 1.54) is 11.6 Å². The predicted molar refractivity (Wildman–Crippen MR) is 115 cm³/mol. The predicted octanol–water partition coefficient (Wildman–Crippen LogP) is 4.59. The van der Waals surface area contributed by atoms with Gasteiger partial charge in [0.2, 0.25) is 0 Å². The maximum absolute atomic E-state index is 14.3. The fourth-order valence-corrected chi connectivity index (χ4v) is 5.00. The van der Waals surface area contributed by atoms with Crippen molar-refractivity contribution >= 4 is 22.7 Å². The van der Waals surface area contributed by atoms with Gasteiger partial charge in [0.1, 0.15) is 5.82 Å². The van der Waals surface area contributed by atoms with Gasteiger partial charge in [0.25, 0.3) is 5.56 Å². The van der Waals surface area contributed by atoms with E-state index in [4.69, 9.17) is 9.72 Å². The zero-order valence-corrected chi connectivity index (χ0v) is 17.5. The van der Waals surface area contributed by atoms with E-state index >= 15 is 0 Å². The summed E-state index contributed by atoms with van der Waals surface area (Å²) in [5, 5.41) is 1.02. The Labute approximate surface area is 173 Å². The van der Waals surface area contributed by atoms with Crippen molar-refractivity contribution in [2.45, 2.75) is 45.9 Å². The second kappa shape index (κ2) is 7.26. The fraction of sp³-hybridized carbons (Fsp3) is 0.391. The molecule has 2 aromatic heterocycles. The van der Waals surface area contributed by atoms with E-state index in [1.54, 1.807) is 6.92 Å². The van der Waals surface area contributed by atoms with E-state index in [0.29, 0.717) is 30.8 Å². The Balaban J connectivity index is 1.71. The summed E-state index contributed by atoms with van der Waals surface area (Å²) in [5.41, 5.74) is 7.03. The van der Waals surface area contributed by atoms with Crippen LogP contribution in [0.5, 0.6) is 0 Å². The first kappa shape index (κ1) is 18.8. The average molecular weight is 411 g/mol. The second-order valence-corrected chi connectivity index (χ2v) is 8.89. The molecule has 0 unspecified atom stereocenters. The molecule has 3 aromatic rings. The van der Waals surface area contributed by atoms with E-state index in [2.05, 4.69) is 6.26 Å². The molecule has 4 heterocycles. The van der Waals surface area contributed by atoms with Crippen LogP contribution in [0.4, 0.5) is 4.39 Å². The first-order valence-electron chi connectivity index (χ1n) is 10.0. The molecule has 29 heavy (non-hydrogen) atoms. The summed E-state index contributed by atoms with van der Waals surface area (Å²) in [4.78, 5) is 17.9. The van der Waals surface area contributed by atoms with Crippen LogP contribution in [0.15, 0.2) is 23.0 Å². The smallest absolute Gasteiger partial charge is 0.257 e. The average Bonchev–Trinajstić information content (AvgIpc) is 3.31. The highest BCUT2D eigenvalue weighted by atomic mass is 32.2. The SMILES string of the molecule is CSCCCCc1c2c(nc3cc(F)c(C)cc13)-c1cc3c(c(=O)n1C2)COC3. The van der Waals surface area contributed by atoms with Gasteiger partial charge in [0, 0.05) is 22.6 Å². The van der Waals surface area contributed by atoms with Gasteiger partial charge in [-0.25, -0.2) is 9.37 Å². The van der Waals surface area contributed by atoms with Gasteiger partial charge in [0.05, 0.1) is 36.7 Å². The molecule has 2 aliphatic heterocycles. The summed E-state index contributed by atoms with van der Waals surface area (Å²) in [6, 6.07) is 5.49. The lowest BCUT2D eigenvalue weighted by Crippen LogP contribution is -2.22. The molecule has 1 aromatic carbocycles. The third-order valence-electron chi connectivity index (χ3n) is 6.07. The molecule has 0 saturated carbocycles. The zero-order chi connectivity index (χ0) is 20.1. The van der Waals surface area contributed by atoms with Gasteiger partial charge in [-0.3, -0.25) is 4.79 Å². The Hall–Kier alpha value is -2.18. The number of pyridine rings is 2. The summed E-state index contributed by atoms with van der Waals surface area (Å²) in [6.45, 7) is 3.18. The van der Waals surface area contributed by atoms with E-state index in [-0.39, 0.29) is 11.4 Å². The Morgan fingerprint density at radius 3 is 2.90 bits per heavy atom. The van der Waals surface area contributed by atoms with Gasteiger partial charge in [-0.15, -0.1) is 0 Å². The number of aryl methyl sites for hydroxylation is 2. The number of rotatable bonds is 5. The monoisotopic (exact) mass is 410 g/mol. The highest BCUT2D eigenvalue weighted by Gasteiger charge is 2.29. The van der Waals surface area contributed by atoms with Crippen LogP contribution in [0.3, 0.4) is 0 Å². The van der Waals surface area contributed by atoms with Gasteiger partial charge >= 0.3 is 0 Å². The highest BCUT2D eigenvalue weighted by Crippen LogP contribution is 2.38. The van der Waals surface area contributed by atoms with Crippen LogP contribution in [0.25, 0.3) is 22.3 Å². The summed E-state index contributed by atoms with van der Waals surface area (Å²) in [5.74, 6) is 0.890. The number of aromatic nitrogens is 2. The van der Waals surface area contributed by atoms with E-state index < -0.39 is 0 Å². The lowest BCUT2D eigenvalue weighted by Gasteiger charge is -2.13. The van der Waals surface area contributed by atoms with Crippen molar-refractivity contribution in [3.63, 3.8) is 0 Å². The van der Waals surface area contributed by atoms with Crippen molar-refractivity contribution in [1.82, 2.24) is 9.55 Å². The number of unbranched alkanes of at least 4 members (excludes halogenated alkanes) is 1. The summed E-state index contributed by atoms with van der Waals surface area (Å²) in [6.07, 6.45) is 5.24. The molecule has 6 heteroatoms. The molecule has 0 fully saturated rings. The van der Waals surface area contributed by atoms with Gasteiger partial charge in [-0.2, -0.15) is 11.8 Å². The number of ether oxygens (including phenoxy) is 1. The molecule has 0 spiro atoms. The summed E-state index contributed by atoms with van der Waals surface area (Å²) < 4.78 is 21.6. The van der Waals surface area contributed by atoms with Gasteiger partial charge in [0.15, 0.2) is 0 Å². The quantitative estimate of drug-likeness (QED) is 0.452. The minimum Gasteiger partial charge on any atom is -0.372 e. The topological polar surface area (TPSA) is 44.1 Å². The van der Waals surface area contributed by atoms with Gasteiger partial charge in [-0.1, -0.05) is 0 Å². The van der Waals surface area contributed by atoms with Crippen molar-refractivity contribution in [3.05, 3.63) is 62.2 Å². The normalized spacial score (nSPS) is 14.3. The third kappa shape index (κ3) is 3.01. The van der Waals surface area contributed by atoms with Crippen molar-refractivity contribution in [3.8, 4) is 11.4 Å². The number of hydrogen-bond donors (Lipinski definition) is 0. The molecule has 150 valence electrons. The minimum atomic E-state index is -0.240. The first-order valence-corrected chi connectivity index (χ1v) is 11.4. The number of nitrogens with zero attached hydrogens (tertiary/aromatic N) is 2. The van der Waals surface area contributed by atoms with Gasteiger partial charge in [-0.05, 0) is 67.0 Å². The van der Waals surface area contributed by atoms with Gasteiger partial charge < -0.3 is 9.30 Å². The van der Waals surface area contributed by atoms with Crippen molar-refractivity contribution in [2.24, 2.45) is 0 Å². The molecule has 0 saturated heterocycles. The molecule has 0 atom stereocenters. The summed E-state index contributed by atoms with van der Waals surface area (Å²) >= 11 is 1.85. The molecule has 0 amide bonds. The maximum Gasteiger partial charge on any atom is 0.257 e.